The second kappa shape index (κ2) is 5.85. The highest BCUT2D eigenvalue weighted by atomic mass is 35.5. The van der Waals surface area contributed by atoms with E-state index in [9.17, 15) is 0 Å². The maximum Gasteiger partial charge on any atom is 0.0593 e. The molecule has 1 aromatic heterocycles. The summed E-state index contributed by atoms with van der Waals surface area (Å²) in [5.41, 5.74) is 4.02. The minimum absolute atomic E-state index is 0.177. The van der Waals surface area contributed by atoms with E-state index in [4.69, 9.17) is 17.4 Å². The van der Waals surface area contributed by atoms with Crippen LogP contribution in [0.4, 0.5) is 0 Å². The Morgan fingerprint density at radius 3 is 2.67 bits per heavy atom. The van der Waals surface area contributed by atoms with Gasteiger partial charge in [0.1, 0.15) is 0 Å². The van der Waals surface area contributed by atoms with Gasteiger partial charge in [0.15, 0.2) is 0 Å². The van der Waals surface area contributed by atoms with Gasteiger partial charge >= 0.3 is 0 Å². The first-order valence-corrected chi connectivity index (χ1v) is 6.57. The first kappa shape index (κ1) is 13.0. The minimum Gasteiger partial charge on any atom is -0.271 e. The van der Waals surface area contributed by atoms with Gasteiger partial charge in [-0.1, -0.05) is 31.9 Å². The van der Waals surface area contributed by atoms with Crippen LogP contribution in [0, 0.1) is 12.8 Å². The van der Waals surface area contributed by atoms with E-state index in [-0.39, 0.29) is 6.04 Å². The lowest BCUT2D eigenvalue weighted by molar-refractivity contribution is 0.373. The molecule has 0 bridgehead atoms. The van der Waals surface area contributed by atoms with E-state index in [0.29, 0.717) is 5.92 Å². The van der Waals surface area contributed by atoms with Crippen LogP contribution in [0.25, 0.3) is 0 Å². The number of hydrogen-bond acceptors (Lipinski definition) is 3. The molecular weight excluding hydrogens is 228 g/mol. The maximum absolute atomic E-state index is 6.24. The van der Waals surface area contributed by atoms with Gasteiger partial charge in [-0.05, 0) is 30.2 Å². The van der Waals surface area contributed by atoms with Crippen LogP contribution >= 0.6 is 22.9 Å². The van der Waals surface area contributed by atoms with Gasteiger partial charge < -0.3 is 0 Å². The van der Waals surface area contributed by atoms with Crippen LogP contribution in [-0.4, -0.2) is 0 Å². The average molecular weight is 247 g/mol. The molecule has 0 aliphatic carbocycles. The summed E-state index contributed by atoms with van der Waals surface area (Å²) >= 11 is 7.93. The summed E-state index contributed by atoms with van der Waals surface area (Å²) in [5.74, 6) is 6.12. The quantitative estimate of drug-likeness (QED) is 0.615. The first-order valence-electron chi connectivity index (χ1n) is 5.31. The van der Waals surface area contributed by atoms with Gasteiger partial charge in [-0.15, -0.1) is 11.3 Å². The number of rotatable bonds is 5. The molecule has 0 aliphatic heterocycles. The van der Waals surface area contributed by atoms with Crippen LogP contribution in [0.3, 0.4) is 0 Å². The van der Waals surface area contributed by atoms with E-state index in [2.05, 4.69) is 24.7 Å². The van der Waals surface area contributed by atoms with E-state index in [0.717, 1.165) is 21.9 Å². The zero-order valence-corrected chi connectivity index (χ0v) is 11.1. The van der Waals surface area contributed by atoms with E-state index in [1.807, 2.05) is 6.92 Å². The zero-order valence-electron chi connectivity index (χ0n) is 9.51. The Hall–Kier alpha value is -0.0900. The molecule has 86 valence electrons. The van der Waals surface area contributed by atoms with Crippen molar-refractivity contribution in [2.75, 3.05) is 0 Å². The number of aryl methyl sites for hydroxylation is 1. The lowest BCUT2D eigenvalue weighted by Crippen LogP contribution is -2.32. The number of nitrogens with one attached hydrogen (secondary N) is 1. The Bertz CT molecular complexity index is 312. The molecule has 2 nitrogen and oxygen atoms in total. The molecule has 3 N–H and O–H groups in total. The summed E-state index contributed by atoms with van der Waals surface area (Å²) in [4.78, 5) is 1.16. The second-order valence-corrected chi connectivity index (χ2v) is 5.30. The molecule has 1 rings (SSSR count). The lowest BCUT2D eigenvalue weighted by atomic mass is 9.96. The van der Waals surface area contributed by atoms with Crippen molar-refractivity contribution in [3.05, 3.63) is 20.8 Å². The maximum atomic E-state index is 6.24. The van der Waals surface area contributed by atoms with Gasteiger partial charge in [0.25, 0.3) is 0 Å². The van der Waals surface area contributed by atoms with Crippen LogP contribution < -0.4 is 11.3 Å². The van der Waals surface area contributed by atoms with Crippen LogP contribution in [0.2, 0.25) is 5.02 Å². The second-order valence-electron chi connectivity index (χ2n) is 4.01. The summed E-state index contributed by atoms with van der Waals surface area (Å²) in [7, 11) is 0. The third-order valence-corrected chi connectivity index (χ3v) is 4.50. The summed E-state index contributed by atoms with van der Waals surface area (Å²) < 4.78 is 0. The van der Waals surface area contributed by atoms with E-state index >= 15 is 0 Å². The van der Waals surface area contributed by atoms with Crippen LogP contribution in [0.1, 0.15) is 43.2 Å². The number of halogens is 1. The molecule has 4 heteroatoms. The van der Waals surface area contributed by atoms with Crippen molar-refractivity contribution in [2.45, 2.75) is 39.7 Å². The molecular formula is C11H19ClN2S. The molecule has 15 heavy (non-hydrogen) atoms. The highest BCUT2D eigenvalue weighted by Gasteiger charge is 2.22. The monoisotopic (exact) mass is 246 g/mol. The molecule has 0 saturated heterocycles. The largest absolute Gasteiger partial charge is 0.271 e. The fourth-order valence-corrected chi connectivity index (χ4v) is 3.28. The van der Waals surface area contributed by atoms with Crippen molar-refractivity contribution in [1.29, 1.82) is 0 Å². The number of hydrogen-bond donors (Lipinski definition) is 2. The molecule has 0 saturated carbocycles. The molecule has 0 aromatic carbocycles. The molecule has 0 spiro atoms. The summed E-state index contributed by atoms with van der Waals surface area (Å²) in [6.45, 7) is 6.42. The SMILES string of the molecule is CCCC(C)C(NN)c1scc(C)c1Cl. The number of nitrogens with two attached hydrogens (primary N) is 1. The highest BCUT2D eigenvalue weighted by Crippen LogP contribution is 2.36. The number of hydrazine groups is 1. The Morgan fingerprint density at radius 1 is 1.60 bits per heavy atom. The molecule has 0 radical (unpaired) electrons. The van der Waals surface area contributed by atoms with Gasteiger partial charge in [-0.25, -0.2) is 0 Å². The van der Waals surface area contributed by atoms with Gasteiger partial charge in [-0.2, -0.15) is 0 Å². The van der Waals surface area contributed by atoms with Gasteiger partial charge in [-0.3, -0.25) is 11.3 Å². The van der Waals surface area contributed by atoms with Crippen molar-refractivity contribution in [3.8, 4) is 0 Å². The van der Waals surface area contributed by atoms with E-state index in [1.165, 1.54) is 6.42 Å². The fourth-order valence-electron chi connectivity index (χ4n) is 1.78. The Labute approximate surface area is 101 Å². The molecule has 1 aromatic rings. The van der Waals surface area contributed by atoms with Gasteiger partial charge in [0, 0.05) is 4.88 Å². The minimum atomic E-state index is 0.177. The molecule has 1 heterocycles. The molecule has 2 atom stereocenters. The van der Waals surface area contributed by atoms with Crippen molar-refractivity contribution >= 4 is 22.9 Å². The molecule has 0 amide bonds. The summed E-state index contributed by atoms with van der Waals surface area (Å²) in [6.07, 6.45) is 2.32. The van der Waals surface area contributed by atoms with Crippen molar-refractivity contribution in [1.82, 2.24) is 5.43 Å². The van der Waals surface area contributed by atoms with Crippen molar-refractivity contribution in [3.63, 3.8) is 0 Å². The highest BCUT2D eigenvalue weighted by molar-refractivity contribution is 7.10. The zero-order chi connectivity index (χ0) is 11.4. The van der Waals surface area contributed by atoms with Gasteiger partial charge in [0.05, 0.1) is 11.1 Å². The number of thiophene rings is 1. The summed E-state index contributed by atoms with van der Waals surface area (Å²) in [6, 6.07) is 0.177. The normalized spacial score (nSPS) is 15.3. The Morgan fingerprint density at radius 2 is 2.27 bits per heavy atom. The van der Waals surface area contributed by atoms with E-state index < -0.39 is 0 Å². The van der Waals surface area contributed by atoms with Crippen LogP contribution in [-0.2, 0) is 0 Å². The lowest BCUT2D eigenvalue weighted by Gasteiger charge is -2.22. The molecule has 0 aliphatic rings. The van der Waals surface area contributed by atoms with Crippen molar-refractivity contribution < 1.29 is 0 Å². The third-order valence-electron chi connectivity index (χ3n) is 2.70. The van der Waals surface area contributed by atoms with E-state index in [1.54, 1.807) is 11.3 Å². The smallest absolute Gasteiger partial charge is 0.0593 e. The topological polar surface area (TPSA) is 38.0 Å². The van der Waals surface area contributed by atoms with Crippen LogP contribution in [0.5, 0.6) is 0 Å². The standard InChI is InChI=1S/C11H19ClN2S/c1-4-5-7(2)10(14-13)11-9(12)8(3)6-15-11/h6-7,10,14H,4-5,13H2,1-3H3. The Balaban J connectivity index is 2.87. The van der Waals surface area contributed by atoms with Crippen molar-refractivity contribution in [2.24, 2.45) is 11.8 Å². The van der Waals surface area contributed by atoms with Crippen LogP contribution in [0.15, 0.2) is 5.38 Å². The third kappa shape index (κ3) is 2.94. The Kier molecular flexibility index (Phi) is 5.06. The predicted molar refractivity (Wildman–Crippen MR) is 68.2 cm³/mol. The fraction of sp³-hybridized carbons (Fsp3) is 0.636. The first-order chi connectivity index (χ1) is 7.11. The predicted octanol–water partition coefficient (Wildman–Crippen LogP) is 3.65. The molecule has 2 unspecified atom stereocenters. The molecule has 0 fully saturated rings. The summed E-state index contributed by atoms with van der Waals surface area (Å²) in [5, 5.41) is 2.95. The average Bonchev–Trinajstić information content (AvgIpc) is 2.51. The van der Waals surface area contributed by atoms with Gasteiger partial charge in [0.2, 0.25) is 0 Å².